The highest BCUT2D eigenvalue weighted by Gasteiger charge is 2.38. The Morgan fingerprint density at radius 1 is 0.470 bits per heavy atom. The molecule has 0 unspecified atom stereocenters. The van der Waals surface area contributed by atoms with Crippen molar-refractivity contribution in [3.63, 3.8) is 0 Å². The van der Waals surface area contributed by atoms with Gasteiger partial charge in [0.2, 0.25) is 10.7 Å². The summed E-state index contributed by atoms with van der Waals surface area (Å²) in [6.07, 6.45) is 13.0. The molecule has 4 aliphatic heterocycles. The molecule has 16 heterocycles. The van der Waals surface area contributed by atoms with Crippen molar-refractivity contribution in [3.05, 3.63) is 223 Å². The smallest absolute Gasteiger partial charge is 0.356 e. The first-order valence-electron chi connectivity index (χ1n) is 28.6. The van der Waals surface area contributed by atoms with Crippen LogP contribution in [-0.2, 0) is 33.2 Å². The van der Waals surface area contributed by atoms with Crippen molar-refractivity contribution in [2.24, 2.45) is 6.98 Å². The Morgan fingerprint density at radius 3 is 1.72 bits per heavy atom. The Morgan fingerprint density at radius 2 is 1.01 bits per heavy atom. The highest BCUT2D eigenvalue weighted by molar-refractivity contribution is 7.20. The third kappa shape index (κ3) is 6.67. The molecule has 17 aromatic rings. The largest absolute Gasteiger partial charge is 0.411 e. The molecule has 19 heteroatoms. The maximum absolute atomic E-state index is 7.93. The fourth-order valence-corrected chi connectivity index (χ4v) is 13.7. The Balaban J connectivity index is 0.0000000871. The molecule has 12 aromatic heterocycles. The molecule has 4 aliphatic rings. The van der Waals surface area contributed by atoms with E-state index in [2.05, 4.69) is 148 Å². The molecule has 21 rings (SSSR count). The lowest BCUT2D eigenvalue weighted by atomic mass is 10.1. The zero-order valence-corrected chi connectivity index (χ0v) is 44.6. The normalized spacial score (nSPS) is 13.6. The van der Waals surface area contributed by atoms with Crippen LogP contribution in [0.3, 0.4) is 0 Å². The SMILES string of the molecule is [2H]C([2H])([2H])n1c2cccnc2c2oc3[n+](c21)Cc1ccccc1-3.c1ccc(-n2c3[n+](c4c2nc2ncccn24)Cc2ccccc2-3)cc1.c1ccc2c(c1)C[n+]1c-2oc2nc3ncccn3c21.c1ccc2c(c1)C[n+]1c-2sc2nc3ncccn3c21. The van der Waals surface area contributed by atoms with E-state index in [0.717, 1.165) is 86.9 Å². The Labute approximate surface area is 477 Å². The second-order valence-electron chi connectivity index (χ2n) is 20.7. The van der Waals surface area contributed by atoms with Gasteiger partial charge in [0.05, 0.1) is 40.5 Å². The fraction of sp³-hybridized carbons (Fsp3) is 0.0781. The average Bonchev–Trinajstić information content (AvgIpc) is 1.64. The van der Waals surface area contributed by atoms with E-state index in [4.69, 9.17) is 17.9 Å². The predicted molar refractivity (Wildman–Crippen MR) is 310 cm³/mol. The van der Waals surface area contributed by atoms with Gasteiger partial charge in [0.25, 0.3) is 34.4 Å². The summed E-state index contributed by atoms with van der Waals surface area (Å²) in [4.78, 5) is 32.2. The van der Waals surface area contributed by atoms with Crippen molar-refractivity contribution in [2.75, 3.05) is 0 Å². The number of hydrogen-bond donors (Lipinski definition) is 0. The van der Waals surface area contributed by atoms with E-state index in [1.807, 2.05) is 82.2 Å². The van der Waals surface area contributed by atoms with Gasteiger partial charge < -0.3 is 8.83 Å². The number of pyridine rings is 1. The van der Waals surface area contributed by atoms with Gasteiger partial charge >= 0.3 is 34.2 Å². The number of aryl methyl sites for hydroxylation is 1. The van der Waals surface area contributed by atoms with Crippen molar-refractivity contribution >= 4 is 84.1 Å². The first-order valence-corrected chi connectivity index (χ1v) is 27.9. The van der Waals surface area contributed by atoms with Crippen LogP contribution in [0, 0.1) is 0 Å². The van der Waals surface area contributed by atoms with Gasteiger partial charge in [-0.15, -0.1) is 4.98 Å². The van der Waals surface area contributed by atoms with E-state index in [1.165, 1.54) is 43.2 Å². The number of oxazole rings is 2. The van der Waals surface area contributed by atoms with E-state index in [0.29, 0.717) is 46.2 Å². The van der Waals surface area contributed by atoms with E-state index < -0.39 is 6.98 Å². The van der Waals surface area contributed by atoms with Crippen LogP contribution in [0.1, 0.15) is 26.4 Å². The molecule has 394 valence electrons. The van der Waals surface area contributed by atoms with Crippen LogP contribution in [-0.4, -0.2) is 57.2 Å². The van der Waals surface area contributed by atoms with Gasteiger partial charge in [0.1, 0.15) is 37.7 Å². The monoisotopic (exact) mass is 1100 g/mol. The maximum atomic E-state index is 7.93. The summed E-state index contributed by atoms with van der Waals surface area (Å²) >= 11 is 1.75. The number of para-hydroxylation sites is 1. The third-order valence-electron chi connectivity index (χ3n) is 16.1. The molecule has 0 saturated carbocycles. The van der Waals surface area contributed by atoms with Gasteiger partial charge in [-0.3, -0.25) is 0 Å². The van der Waals surface area contributed by atoms with Crippen molar-refractivity contribution in [1.29, 1.82) is 0 Å². The third-order valence-corrected chi connectivity index (χ3v) is 17.2. The minimum atomic E-state index is -2.30. The summed E-state index contributed by atoms with van der Waals surface area (Å²) in [7, 11) is 0. The minimum absolute atomic E-state index is 0.529. The summed E-state index contributed by atoms with van der Waals surface area (Å²) in [6, 6.07) is 53.1. The molecule has 0 spiro atoms. The highest BCUT2D eigenvalue weighted by atomic mass is 32.1. The van der Waals surface area contributed by atoms with Crippen LogP contribution < -0.4 is 18.3 Å². The molecule has 83 heavy (non-hydrogen) atoms. The van der Waals surface area contributed by atoms with Crippen LogP contribution in [0.2, 0.25) is 0 Å². The zero-order chi connectivity index (χ0) is 56.9. The number of thiazole rings is 1. The van der Waals surface area contributed by atoms with Crippen LogP contribution in [0.25, 0.3) is 123 Å². The van der Waals surface area contributed by atoms with Gasteiger partial charge in [0, 0.05) is 52.6 Å². The number of aromatic nitrogens is 16. The van der Waals surface area contributed by atoms with E-state index >= 15 is 0 Å². The molecule has 0 bridgehead atoms. The van der Waals surface area contributed by atoms with Crippen molar-refractivity contribution in [2.45, 2.75) is 26.2 Å². The number of benzene rings is 5. The van der Waals surface area contributed by atoms with E-state index in [1.54, 1.807) is 48.3 Å². The van der Waals surface area contributed by atoms with Crippen molar-refractivity contribution < 1.29 is 31.2 Å². The standard InChI is InChI=1S/C20H14N5.C16H12N3O.C14H9N4O.C14H9N4S/c1-2-8-15(9-3-1)25-17-19(23-12-6-11-21-20(23)22-17)24-13-14-7-4-5-10-16(14)18(24)25;1-18-12-7-4-8-17-13(12)14-15(18)19-9-10-5-2-3-6-11(10)16(19)20-14;2*1-2-5-10-9(4-1)8-18-12-11(19-13(10)18)16-14-15-6-3-7-17(12)14/h1-12H,13H2;2-8H,9H2,1H3;2*1-7H,8H2/q4*+1/i;1D3;;. The van der Waals surface area contributed by atoms with Gasteiger partial charge in [-0.25, -0.2) is 28.2 Å². The lowest BCUT2D eigenvalue weighted by molar-refractivity contribution is -0.652. The van der Waals surface area contributed by atoms with Crippen molar-refractivity contribution in [3.8, 4) is 50.6 Å². The number of hydrogen-bond acceptors (Lipinski definition) is 10. The zero-order valence-electron chi connectivity index (χ0n) is 46.8. The molecule has 0 aliphatic carbocycles. The minimum Gasteiger partial charge on any atom is -0.411 e. The predicted octanol–water partition coefficient (Wildman–Crippen LogP) is 9.68. The molecule has 0 fully saturated rings. The highest BCUT2D eigenvalue weighted by Crippen LogP contribution is 2.38. The van der Waals surface area contributed by atoms with Crippen LogP contribution in [0.4, 0.5) is 0 Å². The Hall–Kier alpha value is -11.1. The molecule has 5 aromatic carbocycles. The summed E-state index contributed by atoms with van der Waals surface area (Å²) in [5.74, 6) is 4.92. The molecule has 0 saturated heterocycles. The summed E-state index contributed by atoms with van der Waals surface area (Å²) < 4.78 is 54.2. The number of fused-ring (bicyclic) bond motifs is 28. The van der Waals surface area contributed by atoms with Crippen LogP contribution >= 0.6 is 11.3 Å². The summed E-state index contributed by atoms with van der Waals surface area (Å²) in [5, 5.41) is 1.30. The molecular weight excluding hydrogens is 1060 g/mol. The number of imidazole rings is 4. The lowest BCUT2D eigenvalue weighted by Gasteiger charge is -2.02. The molecule has 0 atom stereocenters. The molecule has 0 radical (unpaired) electrons. The van der Waals surface area contributed by atoms with Crippen LogP contribution in [0.5, 0.6) is 0 Å². The number of rotatable bonds is 1. The topological polar surface area (TPSA) is 155 Å². The van der Waals surface area contributed by atoms with Crippen molar-refractivity contribution in [1.82, 2.24) is 57.2 Å². The Kier molecular flexibility index (Phi) is 9.02. The van der Waals surface area contributed by atoms with Gasteiger partial charge in [-0.05, 0) is 66.7 Å². The van der Waals surface area contributed by atoms with Gasteiger partial charge in [0.15, 0.2) is 16.0 Å². The summed E-state index contributed by atoms with van der Waals surface area (Å²) in [6.45, 7) is 0.896. The molecule has 18 nitrogen and oxygen atoms in total. The lowest BCUT2D eigenvalue weighted by Crippen LogP contribution is -2.32. The Bertz CT molecular complexity index is 5490. The van der Waals surface area contributed by atoms with Gasteiger partial charge in [-0.1, -0.05) is 102 Å². The molecular formula is C64H44N16O2S+4. The average molecular weight is 1100 g/mol. The number of nitrogens with zero attached hydrogens (tertiary/aromatic N) is 16. The van der Waals surface area contributed by atoms with Gasteiger partial charge in [-0.2, -0.15) is 42.3 Å². The second-order valence-corrected chi connectivity index (χ2v) is 21.6. The first-order chi connectivity index (χ1) is 42.3. The van der Waals surface area contributed by atoms with Crippen LogP contribution in [0.15, 0.2) is 210 Å². The molecule has 0 amide bonds. The summed E-state index contributed by atoms with van der Waals surface area (Å²) in [5.41, 5.74) is 18.0. The second kappa shape index (κ2) is 17.5. The fourth-order valence-electron chi connectivity index (χ4n) is 12.5. The quantitative estimate of drug-likeness (QED) is 0.146. The maximum Gasteiger partial charge on any atom is 0.356 e. The van der Waals surface area contributed by atoms with E-state index in [9.17, 15) is 0 Å². The van der Waals surface area contributed by atoms with E-state index in [-0.39, 0.29) is 0 Å². The molecule has 0 N–H and O–H groups in total. The first kappa shape index (κ1) is 42.8.